The highest BCUT2D eigenvalue weighted by Gasteiger charge is 2.36. The van der Waals surface area contributed by atoms with Gasteiger partial charge in [-0.3, -0.25) is 30.0 Å². The van der Waals surface area contributed by atoms with E-state index in [0.29, 0.717) is 16.7 Å². The number of nitrogens with zero attached hydrogens (tertiary/aromatic N) is 1. The molecule has 0 atom stereocenters. The van der Waals surface area contributed by atoms with E-state index in [1.165, 1.54) is 12.1 Å². The molecular weight excluding hydrogens is 536 g/mol. The van der Waals surface area contributed by atoms with Crippen molar-refractivity contribution in [1.29, 1.82) is 0 Å². The number of benzene rings is 2. The average Bonchev–Trinajstić information content (AvgIpc) is 2.83. The zero-order valence-corrected chi connectivity index (χ0v) is 26.9. The zero-order chi connectivity index (χ0) is 32.7. The first-order chi connectivity index (χ1) is 18.8. The quantitative estimate of drug-likeness (QED) is 0.150. The van der Waals surface area contributed by atoms with Crippen molar-refractivity contribution in [2.24, 2.45) is 5.84 Å². The van der Waals surface area contributed by atoms with Gasteiger partial charge in [-0.1, -0.05) is 95.2 Å². The molecule has 0 aromatic heterocycles. The molecule has 6 N–H and O–H groups in total. The maximum absolute atomic E-state index is 13.9. The standard InChI is InChI=1S/C32H46N4O6/c1-29(2,3)17-13-19(23(37)21(15-17)31(7,8)9)25(39)35-36(28(42)26(40)34-33)27(41)20-14-18(30(4,5)6)16-22(24(20)38)32(10,11)12/h13-16,37-38H,33H2,1-12H3,(H,34,40)(H,35,39). The lowest BCUT2D eigenvalue weighted by atomic mass is 9.78. The maximum Gasteiger partial charge on any atom is 0.339 e. The van der Waals surface area contributed by atoms with E-state index in [4.69, 9.17) is 5.84 Å². The third kappa shape index (κ3) is 7.28. The molecule has 4 amide bonds. The van der Waals surface area contributed by atoms with Gasteiger partial charge in [-0.25, -0.2) is 5.84 Å². The minimum atomic E-state index is -1.49. The summed E-state index contributed by atoms with van der Waals surface area (Å²) in [7, 11) is 0. The highest BCUT2D eigenvalue weighted by molar-refractivity contribution is 6.38. The first-order valence-electron chi connectivity index (χ1n) is 13.8. The second-order valence-corrected chi connectivity index (χ2v) is 14.7. The zero-order valence-electron chi connectivity index (χ0n) is 26.9. The second-order valence-electron chi connectivity index (χ2n) is 14.7. The van der Waals surface area contributed by atoms with Gasteiger partial charge in [0, 0.05) is 11.1 Å². The SMILES string of the molecule is CC(C)(C)c1cc(C(=O)NN(C(=O)C(=O)NN)C(=O)c2cc(C(C)(C)C)cc(C(C)(C)C)c2O)c(O)c(C(C)(C)C)c1. The van der Waals surface area contributed by atoms with E-state index in [1.54, 1.807) is 11.5 Å². The van der Waals surface area contributed by atoms with Crippen molar-refractivity contribution >= 4 is 23.6 Å². The van der Waals surface area contributed by atoms with Gasteiger partial charge in [0.05, 0.1) is 11.1 Å². The number of carbonyl (C=O) groups excluding carboxylic acids is 4. The Labute approximate surface area is 248 Å². The van der Waals surface area contributed by atoms with Gasteiger partial charge in [0.25, 0.3) is 11.8 Å². The maximum atomic E-state index is 13.9. The van der Waals surface area contributed by atoms with Crippen LogP contribution in [0.1, 0.15) is 126 Å². The Kier molecular flexibility index (Phi) is 9.30. The molecule has 0 aliphatic rings. The molecule has 0 saturated carbocycles. The third-order valence-electron chi connectivity index (χ3n) is 6.99. The lowest BCUT2D eigenvalue weighted by Crippen LogP contribution is -2.55. The molecule has 0 unspecified atom stereocenters. The molecule has 0 spiro atoms. The summed E-state index contributed by atoms with van der Waals surface area (Å²) < 4.78 is 0. The normalized spacial score (nSPS) is 12.5. The van der Waals surface area contributed by atoms with Crippen molar-refractivity contribution in [3.63, 3.8) is 0 Å². The smallest absolute Gasteiger partial charge is 0.339 e. The van der Waals surface area contributed by atoms with Crippen LogP contribution in [0.15, 0.2) is 24.3 Å². The number of hydrogen-bond donors (Lipinski definition) is 5. The number of aromatic hydroxyl groups is 2. The summed E-state index contributed by atoms with van der Waals surface area (Å²) in [6, 6.07) is 6.50. The molecule has 0 fully saturated rings. The highest BCUT2D eigenvalue weighted by Crippen LogP contribution is 2.39. The van der Waals surface area contributed by atoms with Gasteiger partial charge in [-0.05, 0) is 44.9 Å². The number of hydrazine groups is 2. The van der Waals surface area contributed by atoms with E-state index in [1.807, 2.05) is 89.2 Å². The number of rotatable bonds is 2. The number of phenols is 2. The van der Waals surface area contributed by atoms with Crippen LogP contribution in [0.3, 0.4) is 0 Å². The van der Waals surface area contributed by atoms with Crippen molar-refractivity contribution in [2.75, 3.05) is 0 Å². The van der Waals surface area contributed by atoms with Crippen molar-refractivity contribution < 1.29 is 29.4 Å². The van der Waals surface area contributed by atoms with Gasteiger partial charge >= 0.3 is 11.8 Å². The summed E-state index contributed by atoms with van der Waals surface area (Å²) in [6.45, 7) is 22.8. The van der Waals surface area contributed by atoms with Crippen LogP contribution in [0.25, 0.3) is 0 Å². The number of amides is 4. The Morgan fingerprint density at radius 1 is 0.643 bits per heavy atom. The molecule has 42 heavy (non-hydrogen) atoms. The number of carbonyl (C=O) groups is 4. The topological polar surface area (TPSA) is 162 Å². The molecule has 2 aromatic carbocycles. The van der Waals surface area contributed by atoms with E-state index in [0.717, 1.165) is 5.56 Å². The summed E-state index contributed by atoms with van der Waals surface area (Å²) in [5.41, 5.74) is 3.65. The molecule has 2 aromatic rings. The van der Waals surface area contributed by atoms with Crippen LogP contribution in [0.5, 0.6) is 11.5 Å². The fraction of sp³-hybridized carbons (Fsp3) is 0.500. The van der Waals surface area contributed by atoms with Gasteiger partial charge < -0.3 is 10.2 Å². The van der Waals surface area contributed by atoms with Gasteiger partial charge in [-0.15, -0.1) is 0 Å². The second kappa shape index (κ2) is 11.4. The first-order valence-corrected chi connectivity index (χ1v) is 13.8. The van der Waals surface area contributed by atoms with Gasteiger partial charge in [-0.2, -0.15) is 5.01 Å². The molecule has 0 radical (unpaired) electrons. The van der Waals surface area contributed by atoms with E-state index in [-0.39, 0.29) is 21.9 Å². The predicted octanol–water partition coefficient (Wildman–Crippen LogP) is 4.59. The molecular formula is C32H46N4O6. The molecule has 10 heteroatoms. The van der Waals surface area contributed by atoms with Gasteiger partial charge in [0.15, 0.2) is 0 Å². The summed E-state index contributed by atoms with van der Waals surface area (Å²) in [4.78, 5) is 53.1. The van der Waals surface area contributed by atoms with E-state index in [2.05, 4.69) is 5.43 Å². The summed E-state index contributed by atoms with van der Waals surface area (Å²) in [5.74, 6) is -0.586. The number of imide groups is 1. The number of nitrogens with two attached hydrogens (primary N) is 1. The minimum absolute atomic E-state index is 0.200. The van der Waals surface area contributed by atoms with Crippen molar-refractivity contribution in [3.8, 4) is 11.5 Å². The molecule has 230 valence electrons. The number of nitrogens with one attached hydrogen (secondary N) is 2. The Balaban J connectivity index is 2.81. The van der Waals surface area contributed by atoms with Crippen LogP contribution >= 0.6 is 0 Å². The van der Waals surface area contributed by atoms with Crippen LogP contribution in [0.4, 0.5) is 0 Å². The predicted molar refractivity (Wildman–Crippen MR) is 162 cm³/mol. The molecule has 0 bridgehead atoms. The van der Waals surface area contributed by atoms with E-state index in [9.17, 15) is 29.4 Å². The van der Waals surface area contributed by atoms with Crippen molar-refractivity contribution in [2.45, 2.75) is 105 Å². The number of phenolic OH excluding ortho intramolecular Hbond substituents is 2. The van der Waals surface area contributed by atoms with Crippen LogP contribution in [-0.2, 0) is 31.2 Å². The average molecular weight is 583 g/mol. The lowest BCUT2D eigenvalue weighted by molar-refractivity contribution is -0.145. The molecule has 2 rings (SSSR count). The Morgan fingerprint density at radius 2 is 1.02 bits per heavy atom. The first kappa shape index (κ1) is 34.3. The largest absolute Gasteiger partial charge is 0.507 e. The van der Waals surface area contributed by atoms with Crippen LogP contribution in [0.2, 0.25) is 0 Å². The fourth-order valence-corrected chi connectivity index (χ4v) is 4.25. The van der Waals surface area contributed by atoms with Gasteiger partial charge in [0.1, 0.15) is 11.5 Å². The monoisotopic (exact) mass is 582 g/mol. The van der Waals surface area contributed by atoms with E-state index < -0.39 is 51.0 Å². The Morgan fingerprint density at radius 3 is 1.38 bits per heavy atom. The number of hydrogen-bond acceptors (Lipinski definition) is 7. The Bertz CT molecular complexity index is 1420. The molecule has 0 saturated heterocycles. The molecule has 0 aliphatic heterocycles. The van der Waals surface area contributed by atoms with E-state index >= 15 is 0 Å². The third-order valence-corrected chi connectivity index (χ3v) is 6.99. The van der Waals surface area contributed by atoms with Crippen LogP contribution in [0, 0.1) is 0 Å². The lowest BCUT2D eigenvalue weighted by Gasteiger charge is -2.29. The molecule has 0 heterocycles. The fourth-order valence-electron chi connectivity index (χ4n) is 4.25. The Hall–Kier alpha value is -3.92. The van der Waals surface area contributed by atoms with Crippen LogP contribution in [-0.4, -0.2) is 38.9 Å². The van der Waals surface area contributed by atoms with Crippen molar-refractivity contribution in [1.82, 2.24) is 15.9 Å². The highest BCUT2D eigenvalue weighted by atomic mass is 16.3. The summed E-state index contributed by atoms with van der Waals surface area (Å²) >= 11 is 0. The summed E-state index contributed by atoms with van der Waals surface area (Å²) in [5, 5.41) is 22.6. The van der Waals surface area contributed by atoms with Gasteiger partial charge in [0.2, 0.25) is 0 Å². The van der Waals surface area contributed by atoms with Crippen molar-refractivity contribution in [3.05, 3.63) is 57.6 Å². The summed E-state index contributed by atoms with van der Waals surface area (Å²) in [6.07, 6.45) is 0. The van der Waals surface area contributed by atoms with Crippen LogP contribution < -0.4 is 16.7 Å². The molecule has 0 aliphatic carbocycles. The molecule has 10 nitrogen and oxygen atoms in total. The minimum Gasteiger partial charge on any atom is -0.507 e.